The fourth-order valence-electron chi connectivity index (χ4n) is 2.94. The van der Waals surface area contributed by atoms with Gasteiger partial charge in [-0.05, 0) is 41.5 Å². The number of nitrogens with one attached hydrogen (secondary N) is 2. The molecule has 27 heavy (non-hydrogen) atoms. The summed E-state index contributed by atoms with van der Waals surface area (Å²) in [5.41, 5.74) is 2.63. The molecule has 2 N–H and O–H groups in total. The Kier molecular flexibility index (Phi) is 4.61. The number of furan rings is 1. The largest absolute Gasteiger partial charge is 0.480 e. The van der Waals surface area contributed by atoms with Gasteiger partial charge >= 0.3 is 0 Å². The fraction of sp³-hybridized carbons (Fsp3) is 0.143. The Morgan fingerprint density at radius 3 is 2.56 bits per heavy atom. The molecule has 1 aliphatic heterocycles. The van der Waals surface area contributed by atoms with Gasteiger partial charge in [-0.2, -0.15) is 0 Å². The molecule has 136 valence electrons. The fourth-order valence-corrected chi connectivity index (χ4v) is 2.94. The molecule has 4 rings (SSSR count). The number of carbonyl (C=O) groups is 2. The molecule has 6 heteroatoms. The number of rotatable bonds is 5. The summed E-state index contributed by atoms with van der Waals surface area (Å²) in [6.07, 6.45) is 1.54. The normalized spacial score (nSPS) is 14.9. The summed E-state index contributed by atoms with van der Waals surface area (Å²) in [5.74, 6) is 0.582. The average Bonchev–Trinajstić information content (AvgIpc) is 3.37. The van der Waals surface area contributed by atoms with Gasteiger partial charge in [0.1, 0.15) is 5.75 Å². The topological polar surface area (TPSA) is 80.6 Å². The highest BCUT2D eigenvalue weighted by Crippen LogP contribution is 2.28. The van der Waals surface area contributed by atoms with Gasteiger partial charge in [0.2, 0.25) is 0 Å². The van der Waals surface area contributed by atoms with Gasteiger partial charge in [0.15, 0.2) is 11.9 Å². The number of ether oxygens (including phenoxy) is 1. The van der Waals surface area contributed by atoms with Gasteiger partial charge in [-0.1, -0.05) is 30.3 Å². The van der Waals surface area contributed by atoms with E-state index in [4.69, 9.17) is 9.15 Å². The molecule has 0 radical (unpaired) electrons. The van der Waals surface area contributed by atoms with Crippen molar-refractivity contribution in [3.8, 4) is 5.75 Å². The van der Waals surface area contributed by atoms with E-state index < -0.39 is 6.10 Å². The maximum absolute atomic E-state index is 12.3. The minimum atomic E-state index is -0.491. The van der Waals surface area contributed by atoms with E-state index in [-0.39, 0.29) is 17.6 Å². The van der Waals surface area contributed by atoms with E-state index in [2.05, 4.69) is 10.6 Å². The van der Waals surface area contributed by atoms with E-state index in [1.807, 2.05) is 36.4 Å². The van der Waals surface area contributed by atoms with Crippen LogP contribution in [-0.2, 0) is 17.8 Å². The van der Waals surface area contributed by atoms with Crippen LogP contribution < -0.4 is 15.4 Å². The Morgan fingerprint density at radius 1 is 1.00 bits per heavy atom. The Labute approximate surface area is 156 Å². The van der Waals surface area contributed by atoms with Crippen LogP contribution in [0.5, 0.6) is 5.75 Å². The Morgan fingerprint density at radius 2 is 1.81 bits per heavy atom. The van der Waals surface area contributed by atoms with Crippen molar-refractivity contribution in [2.45, 2.75) is 19.1 Å². The summed E-state index contributed by atoms with van der Waals surface area (Å²) in [6, 6.07) is 18.2. The minimum Gasteiger partial charge on any atom is -0.480 e. The smallest absolute Gasteiger partial charge is 0.291 e. The first-order valence-corrected chi connectivity index (χ1v) is 8.65. The third kappa shape index (κ3) is 3.84. The van der Waals surface area contributed by atoms with Crippen LogP contribution in [-0.4, -0.2) is 17.9 Å². The molecule has 1 aliphatic rings. The van der Waals surface area contributed by atoms with Gasteiger partial charge in [-0.3, -0.25) is 9.59 Å². The molecule has 2 aromatic carbocycles. The molecule has 1 aromatic heterocycles. The van der Waals surface area contributed by atoms with E-state index in [0.717, 1.165) is 16.9 Å². The number of para-hydroxylation sites is 1. The number of hydrogen-bond acceptors (Lipinski definition) is 4. The van der Waals surface area contributed by atoms with Gasteiger partial charge in [0.05, 0.1) is 6.26 Å². The van der Waals surface area contributed by atoms with E-state index >= 15 is 0 Å². The molecule has 0 fully saturated rings. The number of benzene rings is 2. The first-order valence-electron chi connectivity index (χ1n) is 8.65. The Bertz CT molecular complexity index is 924. The zero-order valence-corrected chi connectivity index (χ0v) is 14.5. The van der Waals surface area contributed by atoms with Crippen LogP contribution >= 0.6 is 0 Å². The summed E-state index contributed by atoms with van der Waals surface area (Å²) in [6.45, 7) is 0.390. The standard InChI is InChI=1S/C21H18N2O4/c24-20(19-12-15-4-1-2-5-17(15)27-19)22-13-14-7-9-16(10-8-14)23-21(25)18-6-3-11-26-18/h1-11,19H,12-13H2,(H,22,24)(H,23,25). The van der Waals surface area contributed by atoms with Crippen molar-refractivity contribution in [1.82, 2.24) is 5.32 Å². The summed E-state index contributed by atoms with van der Waals surface area (Å²) in [5, 5.41) is 5.64. The van der Waals surface area contributed by atoms with Gasteiger partial charge in [-0.25, -0.2) is 0 Å². The molecular formula is C21H18N2O4. The Balaban J connectivity index is 1.29. The van der Waals surface area contributed by atoms with Gasteiger partial charge in [-0.15, -0.1) is 0 Å². The highest BCUT2D eigenvalue weighted by molar-refractivity contribution is 6.02. The van der Waals surface area contributed by atoms with E-state index in [9.17, 15) is 9.59 Å². The summed E-state index contributed by atoms with van der Waals surface area (Å²) < 4.78 is 10.7. The third-order valence-corrected chi connectivity index (χ3v) is 4.36. The quantitative estimate of drug-likeness (QED) is 0.731. The van der Waals surface area contributed by atoms with Crippen LogP contribution in [0, 0.1) is 0 Å². The van der Waals surface area contributed by atoms with Crippen molar-refractivity contribution >= 4 is 17.5 Å². The van der Waals surface area contributed by atoms with Gasteiger partial charge < -0.3 is 19.8 Å². The van der Waals surface area contributed by atoms with Crippen LogP contribution in [0.1, 0.15) is 21.7 Å². The number of fused-ring (bicyclic) bond motifs is 1. The second-order valence-electron chi connectivity index (χ2n) is 6.26. The number of amides is 2. The van der Waals surface area contributed by atoms with Crippen LogP contribution in [0.2, 0.25) is 0 Å². The molecule has 0 bridgehead atoms. The van der Waals surface area contributed by atoms with E-state index in [0.29, 0.717) is 18.7 Å². The number of carbonyl (C=O) groups excluding carboxylic acids is 2. The monoisotopic (exact) mass is 362 g/mol. The van der Waals surface area contributed by atoms with Crippen molar-refractivity contribution in [1.29, 1.82) is 0 Å². The number of anilines is 1. The molecule has 2 heterocycles. The SMILES string of the molecule is O=C(Nc1ccc(CNC(=O)C2Cc3ccccc3O2)cc1)c1ccco1. The molecule has 1 unspecified atom stereocenters. The molecule has 6 nitrogen and oxygen atoms in total. The third-order valence-electron chi connectivity index (χ3n) is 4.36. The number of hydrogen-bond donors (Lipinski definition) is 2. The van der Waals surface area contributed by atoms with Crippen molar-refractivity contribution in [2.24, 2.45) is 0 Å². The molecule has 0 saturated heterocycles. The maximum Gasteiger partial charge on any atom is 0.291 e. The lowest BCUT2D eigenvalue weighted by Gasteiger charge is -2.12. The molecule has 3 aromatic rings. The van der Waals surface area contributed by atoms with E-state index in [1.165, 1.54) is 6.26 Å². The molecule has 2 amide bonds. The molecule has 0 aliphatic carbocycles. The molecule has 1 atom stereocenters. The minimum absolute atomic E-state index is 0.138. The van der Waals surface area contributed by atoms with Crippen LogP contribution in [0.25, 0.3) is 0 Å². The van der Waals surface area contributed by atoms with Crippen LogP contribution in [0.3, 0.4) is 0 Å². The lowest BCUT2D eigenvalue weighted by atomic mass is 10.1. The summed E-state index contributed by atoms with van der Waals surface area (Å²) >= 11 is 0. The highest BCUT2D eigenvalue weighted by Gasteiger charge is 2.28. The summed E-state index contributed by atoms with van der Waals surface area (Å²) in [4.78, 5) is 24.3. The zero-order chi connectivity index (χ0) is 18.6. The second-order valence-corrected chi connectivity index (χ2v) is 6.26. The van der Waals surface area contributed by atoms with Crippen molar-refractivity contribution in [3.63, 3.8) is 0 Å². The maximum atomic E-state index is 12.3. The summed E-state index contributed by atoms with van der Waals surface area (Å²) in [7, 11) is 0. The van der Waals surface area contributed by atoms with Gasteiger partial charge in [0.25, 0.3) is 11.8 Å². The van der Waals surface area contributed by atoms with Crippen LogP contribution in [0.4, 0.5) is 5.69 Å². The van der Waals surface area contributed by atoms with Crippen molar-refractivity contribution in [3.05, 3.63) is 83.8 Å². The molecule has 0 spiro atoms. The first-order chi connectivity index (χ1) is 13.2. The lowest BCUT2D eigenvalue weighted by molar-refractivity contribution is -0.127. The van der Waals surface area contributed by atoms with Crippen LogP contribution in [0.15, 0.2) is 71.3 Å². The molecule has 0 saturated carbocycles. The van der Waals surface area contributed by atoms with E-state index in [1.54, 1.807) is 24.3 Å². The van der Waals surface area contributed by atoms with Crippen molar-refractivity contribution in [2.75, 3.05) is 5.32 Å². The average molecular weight is 362 g/mol. The predicted molar refractivity (Wildman–Crippen MR) is 99.5 cm³/mol. The van der Waals surface area contributed by atoms with Gasteiger partial charge in [0, 0.05) is 18.7 Å². The highest BCUT2D eigenvalue weighted by atomic mass is 16.5. The predicted octanol–water partition coefficient (Wildman–Crippen LogP) is 3.15. The zero-order valence-electron chi connectivity index (χ0n) is 14.5. The van der Waals surface area contributed by atoms with Crippen molar-refractivity contribution < 1.29 is 18.7 Å². The Hall–Kier alpha value is -3.54. The molecular weight excluding hydrogens is 344 g/mol. The first kappa shape index (κ1) is 16.9. The second kappa shape index (κ2) is 7.37. The lowest BCUT2D eigenvalue weighted by Crippen LogP contribution is -2.37.